The van der Waals surface area contributed by atoms with Crippen molar-refractivity contribution in [1.29, 1.82) is 0 Å². The molecule has 2 rings (SSSR count). The van der Waals surface area contributed by atoms with Crippen molar-refractivity contribution in [1.82, 2.24) is 5.32 Å². The van der Waals surface area contributed by atoms with E-state index in [0.717, 1.165) is 25.1 Å². The molecule has 2 unspecified atom stereocenters. The number of ether oxygens (including phenoxy) is 1. The van der Waals surface area contributed by atoms with Gasteiger partial charge in [0.15, 0.2) is 0 Å². The number of hydrogen-bond acceptors (Lipinski definition) is 2. The molecule has 1 aromatic rings. The second kappa shape index (κ2) is 5.54. The van der Waals surface area contributed by atoms with Crippen LogP contribution < -0.4 is 10.1 Å². The first kappa shape index (κ1) is 14.4. The number of aryl methyl sites for hydroxylation is 1. The molecule has 106 valence electrons. The van der Waals surface area contributed by atoms with Crippen LogP contribution in [0.15, 0.2) is 18.2 Å². The molecule has 2 nitrogen and oxygen atoms in total. The average Bonchev–Trinajstić information content (AvgIpc) is 2.30. The third kappa shape index (κ3) is 3.73. The van der Waals surface area contributed by atoms with Gasteiger partial charge < -0.3 is 10.1 Å². The molecule has 1 aromatic carbocycles. The van der Waals surface area contributed by atoms with Gasteiger partial charge in [0, 0.05) is 6.04 Å². The molecular weight excluding hydrogens is 234 g/mol. The largest absolute Gasteiger partial charge is 0.490 e. The molecular formula is C17H27NO. The topological polar surface area (TPSA) is 21.3 Å². The molecule has 0 aromatic heterocycles. The zero-order valence-corrected chi connectivity index (χ0v) is 12.9. The Balaban J connectivity index is 2.09. The van der Waals surface area contributed by atoms with Crippen LogP contribution in [0, 0.1) is 6.92 Å². The van der Waals surface area contributed by atoms with Gasteiger partial charge in [0.1, 0.15) is 11.9 Å². The molecule has 1 heterocycles. The highest BCUT2D eigenvalue weighted by Gasteiger charge is 2.21. The predicted molar refractivity (Wildman–Crippen MR) is 81.0 cm³/mol. The fourth-order valence-corrected chi connectivity index (χ4v) is 2.62. The first-order chi connectivity index (χ1) is 8.86. The van der Waals surface area contributed by atoms with Crippen molar-refractivity contribution in [2.45, 2.75) is 65.0 Å². The number of nitrogens with one attached hydrogen (secondary N) is 1. The predicted octanol–water partition coefficient (Wildman–Crippen LogP) is 3.81. The van der Waals surface area contributed by atoms with Gasteiger partial charge >= 0.3 is 0 Å². The van der Waals surface area contributed by atoms with E-state index in [-0.39, 0.29) is 5.41 Å². The standard InChI is InChI=1S/C17H27NO/c1-12-10-14(17(3,4)5)6-7-16(12)19-15-8-9-18-13(2)11-15/h6-7,10,13,15,18H,8-9,11H2,1-5H3. The molecule has 2 atom stereocenters. The van der Waals surface area contributed by atoms with E-state index in [0.29, 0.717) is 12.1 Å². The summed E-state index contributed by atoms with van der Waals surface area (Å²) in [7, 11) is 0. The SMILES string of the molecule is Cc1cc(C(C)(C)C)ccc1OC1CCNC(C)C1. The van der Waals surface area contributed by atoms with E-state index in [9.17, 15) is 0 Å². The highest BCUT2D eigenvalue weighted by atomic mass is 16.5. The van der Waals surface area contributed by atoms with Gasteiger partial charge in [-0.2, -0.15) is 0 Å². The van der Waals surface area contributed by atoms with Crippen molar-refractivity contribution < 1.29 is 4.74 Å². The smallest absolute Gasteiger partial charge is 0.122 e. The molecule has 19 heavy (non-hydrogen) atoms. The number of piperidine rings is 1. The maximum atomic E-state index is 6.18. The van der Waals surface area contributed by atoms with Crippen LogP contribution in [0.4, 0.5) is 0 Å². The molecule has 0 amide bonds. The van der Waals surface area contributed by atoms with Crippen LogP contribution in [-0.2, 0) is 5.41 Å². The Morgan fingerprint density at radius 2 is 2.00 bits per heavy atom. The molecule has 1 fully saturated rings. The maximum Gasteiger partial charge on any atom is 0.122 e. The summed E-state index contributed by atoms with van der Waals surface area (Å²) in [6, 6.07) is 7.17. The van der Waals surface area contributed by atoms with Crippen molar-refractivity contribution in [2.24, 2.45) is 0 Å². The summed E-state index contributed by atoms with van der Waals surface area (Å²) in [6.45, 7) is 12.2. The molecule has 0 radical (unpaired) electrons. The monoisotopic (exact) mass is 261 g/mol. The molecule has 1 aliphatic heterocycles. The highest BCUT2D eigenvalue weighted by molar-refractivity contribution is 5.38. The molecule has 2 heteroatoms. The van der Waals surface area contributed by atoms with E-state index in [4.69, 9.17) is 4.74 Å². The first-order valence-electron chi connectivity index (χ1n) is 7.37. The fraction of sp³-hybridized carbons (Fsp3) is 0.647. The normalized spacial score (nSPS) is 24.3. The summed E-state index contributed by atoms with van der Waals surface area (Å²) in [5, 5.41) is 3.46. The summed E-state index contributed by atoms with van der Waals surface area (Å²) in [5.74, 6) is 1.05. The van der Waals surface area contributed by atoms with Gasteiger partial charge in [-0.15, -0.1) is 0 Å². The van der Waals surface area contributed by atoms with Gasteiger partial charge in [-0.3, -0.25) is 0 Å². The Kier molecular flexibility index (Phi) is 4.19. The summed E-state index contributed by atoms with van der Waals surface area (Å²) >= 11 is 0. The lowest BCUT2D eigenvalue weighted by molar-refractivity contribution is 0.143. The lowest BCUT2D eigenvalue weighted by Crippen LogP contribution is -2.40. The number of benzene rings is 1. The quantitative estimate of drug-likeness (QED) is 0.874. The highest BCUT2D eigenvalue weighted by Crippen LogP contribution is 2.29. The van der Waals surface area contributed by atoms with Gasteiger partial charge in [0.05, 0.1) is 0 Å². The molecule has 0 saturated carbocycles. The van der Waals surface area contributed by atoms with Crippen molar-refractivity contribution in [2.75, 3.05) is 6.54 Å². The van der Waals surface area contributed by atoms with Crippen molar-refractivity contribution in [3.8, 4) is 5.75 Å². The minimum Gasteiger partial charge on any atom is -0.490 e. The number of hydrogen-bond donors (Lipinski definition) is 1. The molecule has 0 aliphatic carbocycles. The van der Waals surface area contributed by atoms with Crippen LogP contribution >= 0.6 is 0 Å². The van der Waals surface area contributed by atoms with Gasteiger partial charge in [0.2, 0.25) is 0 Å². The van der Waals surface area contributed by atoms with Gasteiger partial charge in [-0.25, -0.2) is 0 Å². The second-order valence-corrected chi connectivity index (χ2v) is 6.85. The Morgan fingerprint density at radius 1 is 1.26 bits per heavy atom. The van der Waals surface area contributed by atoms with E-state index in [2.05, 4.69) is 58.1 Å². The van der Waals surface area contributed by atoms with Crippen LogP contribution in [0.3, 0.4) is 0 Å². The van der Waals surface area contributed by atoms with Gasteiger partial charge in [0.25, 0.3) is 0 Å². The van der Waals surface area contributed by atoms with Crippen LogP contribution in [0.25, 0.3) is 0 Å². The van der Waals surface area contributed by atoms with Crippen LogP contribution in [0.5, 0.6) is 5.75 Å². The Morgan fingerprint density at radius 3 is 2.58 bits per heavy atom. The van der Waals surface area contributed by atoms with E-state index in [1.807, 2.05) is 0 Å². The van der Waals surface area contributed by atoms with Crippen molar-refractivity contribution >= 4 is 0 Å². The zero-order chi connectivity index (χ0) is 14.0. The summed E-state index contributed by atoms with van der Waals surface area (Å²) < 4.78 is 6.18. The van der Waals surface area contributed by atoms with Gasteiger partial charge in [-0.05, 0) is 55.8 Å². The Hall–Kier alpha value is -1.02. The summed E-state index contributed by atoms with van der Waals surface area (Å²) in [4.78, 5) is 0. The van der Waals surface area contributed by atoms with E-state index in [1.165, 1.54) is 11.1 Å². The van der Waals surface area contributed by atoms with Crippen LogP contribution in [0.1, 0.15) is 51.7 Å². The molecule has 0 spiro atoms. The minimum atomic E-state index is 0.201. The van der Waals surface area contributed by atoms with Crippen molar-refractivity contribution in [3.05, 3.63) is 29.3 Å². The second-order valence-electron chi connectivity index (χ2n) is 6.85. The third-order valence-electron chi connectivity index (χ3n) is 3.91. The first-order valence-corrected chi connectivity index (χ1v) is 7.37. The zero-order valence-electron chi connectivity index (χ0n) is 12.9. The van der Waals surface area contributed by atoms with Crippen LogP contribution in [-0.4, -0.2) is 18.7 Å². The lowest BCUT2D eigenvalue weighted by Gasteiger charge is -2.29. The molecule has 0 bridgehead atoms. The fourth-order valence-electron chi connectivity index (χ4n) is 2.62. The third-order valence-corrected chi connectivity index (χ3v) is 3.91. The molecule has 1 N–H and O–H groups in total. The van der Waals surface area contributed by atoms with E-state index >= 15 is 0 Å². The van der Waals surface area contributed by atoms with Crippen LogP contribution in [0.2, 0.25) is 0 Å². The maximum absolute atomic E-state index is 6.18. The lowest BCUT2D eigenvalue weighted by atomic mass is 9.86. The minimum absolute atomic E-state index is 0.201. The molecule has 1 aliphatic rings. The Bertz CT molecular complexity index is 433. The summed E-state index contributed by atoms with van der Waals surface area (Å²) in [6.07, 6.45) is 2.56. The Labute approximate surface area is 117 Å². The molecule has 1 saturated heterocycles. The van der Waals surface area contributed by atoms with E-state index in [1.54, 1.807) is 0 Å². The average molecular weight is 261 g/mol. The van der Waals surface area contributed by atoms with Crippen molar-refractivity contribution in [3.63, 3.8) is 0 Å². The summed E-state index contributed by atoms with van der Waals surface area (Å²) in [5.41, 5.74) is 2.82. The van der Waals surface area contributed by atoms with E-state index < -0.39 is 0 Å². The van der Waals surface area contributed by atoms with Gasteiger partial charge in [-0.1, -0.05) is 32.9 Å². The number of rotatable bonds is 2.